The lowest BCUT2D eigenvalue weighted by Gasteiger charge is -2.25. The van der Waals surface area contributed by atoms with Crippen LogP contribution in [-0.4, -0.2) is 46.6 Å². The lowest BCUT2D eigenvalue weighted by atomic mass is 10.0. The molecule has 2 atom stereocenters. The molecule has 0 aliphatic carbocycles. The van der Waals surface area contributed by atoms with Crippen LogP contribution in [0.25, 0.3) is 0 Å². The molecule has 7 heteroatoms. The molecule has 0 unspecified atom stereocenters. The summed E-state index contributed by atoms with van der Waals surface area (Å²) in [5, 5.41) is 11.8. The van der Waals surface area contributed by atoms with Gasteiger partial charge in [-0.25, -0.2) is 9.59 Å². The van der Waals surface area contributed by atoms with Crippen LogP contribution in [0.1, 0.15) is 38.7 Å². The number of hydrogen-bond donors (Lipinski definition) is 2. The molecule has 0 bridgehead atoms. The van der Waals surface area contributed by atoms with Gasteiger partial charge in [0.05, 0.1) is 0 Å². The van der Waals surface area contributed by atoms with Crippen molar-refractivity contribution in [2.75, 3.05) is 6.54 Å². The Kier molecular flexibility index (Phi) is 7.00. The summed E-state index contributed by atoms with van der Waals surface area (Å²) in [7, 11) is 0. The van der Waals surface area contributed by atoms with Crippen LogP contribution in [-0.2, 0) is 20.9 Å². The number of hydrogen-bond acceptors (Lipinski definition) is 4. The van der Waals surface area contributed by atoms with E-state index in [0.717, 1.165) is 5.56 Å². The molecule has 1 aromatic carbocycles. The van der Waals surface area contributed by atoms with Crippen LogP contribution in [0.2, 0.25) is 0 Å². The van der Waals surface area contributed by atoms with Gasteiger partial charge in [0.2, 0.25) is 5.91 Å². The number of aliphatic carboxylic acids is 1. The first-order valence-corrected chi connectivity index (χ1v) is 8.89. The maximum absolute atomic E-state index is 12.5. The van der Waals surface area contributed by atoms with E-state index in [1.54, 1.807) is 0 Å². The van der Waals surface area contributed by atoms with E-state index in [0.29, 0.717) is 25.8 Å². The van der Waals surface area contributed by atoms with Gasteiger partial charge in [-0.2, -0.15) is 0 Å². The van der Waals surface area contributed by atoms with Crippen LogP contribution < -0.4 is 5.32 Å². The molecule has 2 rings (SSSR count). The quantitative estimate of drug-likeness (QED) is 0.776. The summed E-state index contributed by atoms with van der Waals surface area (Å²) in [6.07, 6.45) is 0.967. The second-order valence-electron chi connectivity index (χ2n) is 6.92. The molecular weight excluding hydrogens is 336 g/mol. The Morgan fingerprint density at radius 2 is 1.96 bits per heavy atom. The fourth-order valence-corrected chi connectivity index (χ4v) is 3.02. The predicted octanol–water partition coefficient (Wildman–Crippen LogP) is 2.40. The van der Waals surface area contributed by atoms with E-state index in [9.17, 15) is 19.5 Å². The molecule has 1 aliphatic heterocycles. The zero-order chi connectivity index (χ0) is 19.1. The Labute approximate surface area is 153 Å². The monoisotopic (exact) mass is 362 g/mol. The van der Waals surface area contributed by atoms with Crippen LogP contribution >= 0.6 is 0 Å². The summed E-state index contributed by atoms with van der Waals surface area (Å²) in [6.45, 7) is 4.35. The topological polar surface area (TPSA) is 95.9 Å². The minimum absolute atomic E-state index is 0.131. The van der Waals surface area contributed by atoms with Crippen LogP contribution in [0.5, 0.6) is 0 Å². The number of carboxylic acids is 1. The fraction of sp³-hybridized carbons (Fsp3) is 0.526. The molecule has 2 amide bonds. The van der Waals surface area contributed by atoms with Gasteiger partial charge < -0.3 is 15.2 Å². The molecular formula is C19H26N2O5. The van der Waals surface area contributed by atoms with Gasteiger partial charge in [-0.1, -0.05) is 44.2 Å². The SMILES string of the molecule is CC(C)C[C@@H](NC(=O)[C@H]1CCCN1C(=O)OCc1ccccc1)C(=O)O. The first-order chi connectivity index (χ1) is 12.4. The third-order valence-electron chi connectivity index (χ3n) is 4.32. The van der Waals surface area contributed by atoms with Gasteiger partial charge in [0.15, 0.2) is 0 Å². The molecule has 1 heterocycles. The van der Waals surface area contributed by atoms with E-state index in [1.807, 2.05) is 44.2 Å². The minimum atomic E-state index is -1.07. The molecule has 7 nitrogen and oxygen atoms in total. The van der Waals surface area contributed by atoms with E-state index >= 15 is 0 Å². The number of nitrogens with one attached hydrogen (secondary N) is 1. The Morgan fingerprint density at radius 1 is 1.27 bits per heavy atom. The van der Waals surface area contributed by atoms with Gasteiger partial charge in [0.1, 0.15) is 18.7 Å². The number of rotatable bonds is 7. The maximum Gasteiger partial charge on any atom is 0.410 e. The average molecular weight is 362 g/mol. The Morgan fingerprint density at radius 3 is 2.58 bits per heavy atom. The highest BCUT2D eigenvalue weighted by Crippen LogP contribution is 2.19. The normalized spacial score (nSPS) is 17.8. The molecule has 2 N–H and O–H groups in total. The third-order valence-corrected chi connectivity index (χ3v) is 4.32. The molecule has 1 aliphatic rings. The molecule has 0 saturated carbocycles. The highest BCUT2D eigenvalue weighted by atomic mass is 16.6. The molecule has 26 heavy (non-hydrogen) atoms. The standard InChI is InChI=1S/C19H26N2O5/c1-13(2)11-15(18(23)24)20-17(22)16-9-6-10-21(16)19(25)26-12-14-7-4-3-5-8-14/h3-5,7-8,13,15-16H,6,9-12H2,1-2H3,(H,20,22)(H,23,24)/t15-,16-/m1/s1. The number of carboxylic acid groups (broad SMARTS) is 1. The van der Waals surface area contributed by atoms with Crippen LogP contribution in [0.3, 0.4) is 0 Å². The Balaban J connectivity index is 1.94. The van der Waals surface area contributed by atoms with Crippen molar-refractivity contribution in [3.05, 3.63) is 35.9 Å². The second-order valence-corrected chi connectivity index (χ2v) is 6.92. The fourth-order valence-electron chi connectivity index (χ4n) is 3.02. The van der Waals surface area contributed by atoms with E-state index in [2.05, 4.69) is 5.32 Å². The Bertz CT molecular complexity index is 632. The number of benzene rings is 1. The van der Waals surface area contributed by atoms with Crippen molar-refractivity contribution >= 4 is 18.0 Å². The number of carbonyl (C=O) groups is 3. The maximum atomic E-state index is 12.5. The van der Waals surface area contributed by atoms with Crippen LogP contribution in [0, 0.1) is 5.92 Å². The van der Waals surface area contributed by atoms with Gasteiger partial charge in [0, 0.05) is 6.54 Å². The molecule has 1 saturated heterocycles. The number of ether oxygens (including phenoxy) is 1. The summed E-state index contributed by atoms with van der Waals surface area (Å²) in [6, 6.07) is 7.65. The first kappa shape index (κ1) is 19.8. The van der Waals surface area contributed by atoms with Crippen molar-refractivity contribution in [1.29, 1.82) is 0 Å². The molecule has 1 fully saturated rings. The summed E-state index contributed by atoms with van der Waals surface area (Å²) in [5.74, 6) is -1.37. The smallest absolute Gasteiger partial charge is 0.410 e. The van der Waals surface area contributed by atoms with Gasteiger partial charge in [-0.05, 0) is 30.7 Å². The summed E-state index contributed by atoms with van der Waals surface area (Å²) < 4.78 is 5.30. The first-order valence-electron chi connectivity index (χ1n) is 8.89. The predicted molar refractivity (Wildman–Crippen MR) is 95.4 cm³/mol. The number of nitrogens with zero attached hydrogens (tertiary/aromatic N) is 1. The molecule has 0 radical (unpaired) electrons. The Hall–Kier alpha value is -2.57. The summed E-state index contributed by atoms with van der Waals surface area (Å²) in [4.78, 5) is 37.6. The molecule has 0 aromatic heterocycles. The van der Waals surface area contributed by atoms with Gasteiger partial charge >= 0.3 is 12.1 Å². The third kappa shape index (κ3) is 5.47. The zero-order valence-electron chi connectivity index (χ0n) is 15.2. The number of amides is 2. The lowest BCUT2D eigenvalue weighted by Crippen LogP contribution is -2.51. The van der Waals surface area contributed by atoms with E-state index in [4.69, 9.17) is 4.74 Å². The average Bonchev–Trinajstić information content (AvgIpc) is 3.09. The van der Waals surface area contributed by atoms with Crippen LogP contribution in [0.4, 0.5) is 4.79 Å². The lowest BCUT2D eigenvalue weighted by molar-refractivity contribution is -0.142. The highest BCUT2D eigenvalue weighted by molar-refractivity contribution is 5.89. The minimum Gasteiger partial charge on any atom is -0.480 e. The second kappa shape index (κ2) is 9.22. The van der Waals surface area contributed by atoms with Gasteiger partial charge in [-0.3, -0.25) is 9.69 Å². The van der Waals surface area contributed by atoms with Gasteiger partial charge in [-0.15, -0.1) is 0 Å². The van der Waals surface area contributed by atoms with Crippen molar-refractivity contribution in [3.8, 4) is 0 Å². The number of likely N-dealkylation sites (tertiary alicyclic amines) is 1. The molecule has 142 valence electrons. The summed E-state index contributed by atoms with van der Waals surface area (Å²) in [5.41, 5.74) is 0.865. The largest absolute Gasteiger partial charge is 0.480 e. The molecule has 0 spiro atoms. The van der Waals surface area contributed by atoms with Crippen molar-refractivity contribution < 1.29 is 24.2 Å². The number of carbonyl (C=O) groups excluding carboxylic acids is 2. The summed E-state index contributed by atoms with van der Waals surface area (Å²) >= 11 is 0. The van der Waals surface area contributed by atoms with Gasteiger partial charge in [0.25, 0.3) is 0 Å². The van der Waals surface area contributed by atoms with E-state index in [1.165, 1.54) is 4.90 Å². The van der Waals surface area contributed by atoms with Crippen molar-refractivity contribution in [3.63, 3.8) is 0 Å². The highest BCUT2D eigenvalue weighted by Gasteiger charge is 2.36. The van der Waals surface area contributed by atoms with Crippen molar-refractivity contribution in [2.24, 2.45) is 5.92 Å². The van der Waals surface area contributed by atoms with Crippen LogP contribution in [0.15, 0.2) is 30.3 Å². The van der Waals surface area contributed by atoms with E-state index < -0.39 is 30.1 Å². The van der Waals surface area contributed by atoms with Crippen molar-refractivity contribution in [1.82, 2.24) is 10.2 Å². The van der Waals surface area contributed by atoms with E-state index in [-0.39, 0.29) is 12.5 Å². The molecule has 1 aromatic rings. The zero-order valence-corrected chi connectivity index (χ0v) is 15.2. The van der Waals surface area contributed by atoms with Crippen molar-refractivity contribution in [2.45, 2.75) is 51.8 Å².